The van der Waals surface area contributed by atoms with Crippen molar-refractivity contribution in [3.05, 3.63) is 0 Å². The second-order valence-corrected chi connectivity index (χ2v) is 6.32. The molecule has 0 bridgehead atoms. The van der Waals surface area contributed by atoms with Gasteiger partial charge in [-0.3, -0.25) is 0 Å². The predicted octanol–water partition coefficient (Wildman–Crippen LogP) is 3.89. The molecule has 2 heteroatoms. The van der Waals surface area contributed by atoms with Crippen molar-refractivity contribution in [3.63, 3.8) is 0 Å². The van der Waals surface area contributed by atoms with Crippen LogP contribution in [0.25, 0.3) is 0 Å². The summed E-state index contributed by atoms with van der Waals surface area (Å²) in [7, 11) is 3.45. The molecule has 18 heavy (non-hydrogen) atoms. The Labute approximate surface area is 113 Å². The van der Waals surface area contributed by atoms with Crippen LogP contribution in [0.2, 0.25) is 0 Å². The fourth-order valence-corrected chi connectivity index (χ4v) is 2.19. The first-order chi connectivity index (χ1) is 8.16. The van der Waals surface area contributed by atoms with Gasteiger partial charge in [-0.15, -0.1) is 0 Å². The maximum absolute atomic E-state index is 5.56. The fourth-order valence-electron chi connectivity index (χ4n) is 2.19. The van der Waals surface area contributed by atoms with Gasteiger partial charge in [0, 0.05) is 14.2 Å². The molecular weight excluding hydrogens is 224 g/mol. The summed E-state index contributed by atoms with van der Waals surface area (Å²) in [5.41, 5.74) is -0.768. The van der Waals surface area contributed by atoms with E-state index in [1.54, 1.807) is 14.2 Å². The molecule has 0 saturated heterocycles. The van der Waals surface area contributed by atoms with Crippen molar-refractivity contribution in [1.29, 1.82) is 0 Å². The van der Waals surface area contributed by atoms with E-state index in [4.69, 9.17) is 9.47 Å². The first-order valence-electron chi connectivity index (χ1n) is 6.81. The fraction of sp³-hybridized carbons (Fsp3) is 0.875. The van der Waals surface area contributed by atoms with Gasteiger partial charge in [-0.05, 0) is 38.5 Å². The molecule has 0 spiro atoms. The van der Waals surface area contributed by atoms with Gasteiger partial charge in [-0.1, -0.05) is 39.5 Å². The lowest BCUT2D eigenvalue weighted by molar-refractivity contribution is 0.0299. The molecule has 0 aliphatic rings. The van der Waals surface area contributed by atoms with Crippen molar-refractivity contribution in [2.75, 3.05) is 14.2 Å². The van der Waals surface area contributed by atoms with E-state index in [9.17, 15) is 0 Å². The van der Waals surface area contributed by atoms with Crippen LogP contribution in [-0.2, 0) is 9.47 Å². The Morgan fingerprint density at radius 1 is 0.778 bits per heavy atom. The molecule has 0 aromatic rings. The molecule has 106 valence electrons. The molecule has 0 radical (unpaired) electrons. The molecule has 0 amide bonds. The first-order valence-corrected chi connectivity index (χ1v) is 6.81. The lowest BCUT2D eigenvalue weighted by atomic mass is 9.90. The van der Waals surface area contributed by atoms with Gasteiger partial charge in [0.1, 0.15) is 11.2 Å². The van der Waals surface area contributed by atoms with Crippen molar-refractivity contribution < 1.29 is 9.47 Å². The van der Waals surface area contributed by atoms with E-state index < -0.39 is 0 Å². The molecule has 0 aromatic heterocycles. The highest BCUT2D eigenvalue weighted by atomic mass is 16.5. The lowest BCUT2D eigenvalue weighted by Gasteiger charge is -2.27. The molecule has 2 atom stereocenters. The maximum atomic E-state index is 5.56. The van der Waals surface area contributed by atoms with Crippen molar-refractivity contribution in [3.8, 4) is 11.8 Å². The SMILES string of the molecule is COC(C)(C#CC(C)(CC(C)C)OC)CC(C)C. The van der Waals surface area contributed by atoms with E-state index in [-0.39, 0.29) is 11.2 Å². The minimum Gasteiger partial charge on any atom is -0.366 e. The van der Waals surface area contributed by atoms with Crippen molar-refractivity contribution in [1.82, 2.24) is 0 Å². The molecule has 0 heterocycles. The average Bonchev–Trinajstić information content (AvgIpc) is 2.25. The van der Waals surface area contributed by atoms with Crippen LogP contribution in [-0.4, -0.2) is 25.4 Å². The Hall–Kier alpha value is -0.520. The van der Waals surface area contributed by atoms with Crippen molar-refractivity contribution in [2.24, 2.45) is 11.8 Å². The Kier molecular flexibility index (Phi) is 6.96. The number of hydrogen-bond donors (Lipinski definition) is 0. The third-order valence-electron chi connectivity index (χ3n) is 3.09. The zero-order valence-electron chi connectivity index (χ0n) is 13.4. The number of methoxy groups -OCH3 is 2. The van der Waals surface area contributed by atoms with Crippen LogP contribution in [0.3, 0.4) is 0 Å². The smallest absolute Gasteiger partial charge is 0.125 e. The zero-order chi connectivity index (χ0) is 14.4. The summed E-state index contributed by atoms with van der Waals surface area (Å²) in [6, 6.07) is 0. The highest BCUT2D eigenvalue weighted by Gasteiger charge is 2.26. The summed E-state index contributed by atoms with van der Waals surface area (Å²) < 4.78 is 11.1. The summed E-state index contributed by atoms with van der Waals surface area (Å²) in [4.78, 5) is 0. The van der Waals surface area contributed by atoms with Crippen LogP contribution >= 0.6 is 0 Å². The number of rotatable bonds is 6. The van der Waals surface area contributed by atoms with E-state index >= 15 is 0 Å². The molecule has 0 aliphatic carbocycles. The minimum atomic E-state index is -0.384. The highest BCUT2D eigenvalue weighted by Crippen LogP contribution is 2.23. The second-order valence-electron chi connectivity index (χ2n) is 6.32. The van der Waals surface area contributed by atoms with Gasteiger partial charge in [0.25, 0.3) is 0 Å². The molecule has 2 nitrogen and oxygen atoms in total. The summed E-state index contributed by atoms with van der Waals surface area (Å²) in [6.07, 6.45) is 1.86. The first kappa shape index (κ1) is 17.5. The van der Waals surface area contributed by atoms with Crippen LogP contribution in [0.5, 0.6) is 0 Å². The molecule has 2 unspecified atom stereocenters. The van der Waals surface area contributed by atoms with Crippen LogP contribution < -0.4 is 0 Å². The standard InChI is InChI=1S/C16H30O2/c1-13(2)11-15(5,17-7)9-10-16(6,18-8)12-14(3)4/h13-14H,11-12H2,1-8H3. The molecule has 0 fully saturated rings. The molecule has 0 aromatic carbocycles. The summed E-state index contributed by atoms with van der Waals surface area (Å²) in [5.74, 6) is 7.67. The minimum absolute atomic E-state index is 0.384. The van der Waals surface area contributed by atoms with Crippen molar-refractivity contribution >= 4 is 0 Å². The van der Waals surface area contributed by atoms with E-state index in [1.165, 1.54) is 0 Å². The Balaban J connectivity index is 4.96. The van der Waals surface area contributed by atoms with Crippen LogP contribution in [0.15, 0.2) is 0 Å². The lowest BCUT2D eigenvalue weighted by Crippen LogP contribution is -2.31. The highest BCUT2D eigenvalue weighted by molar-refractivity contribution is 5.20. The van der Waals surface area contributed by atoms with Gasteiger partial charge in [0.2, 0.25) is 0 Å². The van der Waals surface area contributed by atoms with E-state index in [1.807, 2.05) is 13.8 Å². The van der Waals surface area contributed by atoms with Crippen LogP contribution in [0.1, 0.15) is 54.4 Å². The van der Waals surface area contributed by atoms with Crippen LogP contribution in [0, 0.1) is 23.7 Å². The average molecular weight is 254 g/mol. The van der Waals surface area contributed by atoms with Gasteiger partial charge in [0.15, 0.2) is 0 Å². The Morgan fingerprint density at radius 2 is 1.06 bits per heavy atom. The van der Waals surface area contributed by atoms with E-state index in [0.717, 1.165) is 12.8 Å². The zero-order valence-corrected chi connectivity index (χ0v) is 13.4. The maximum Gasteiger partial charge on any atom is 0.125 e. The van der Waals surface area contributed by atoms with Crippen molar-refractivity contribution in [2.45, 2.75) is 65.6 Å². The summed E-state index contributed by atoms with van der Waals surface area (Å²) >= 11 is 0. The van der Waals surface area contributed by atoms with Gasteiger partial charge in [0.05, 0.1) is 0 Å². The molecule has 0 N–H and O–H groups in total. The van der Waals surface area contributed by atoms with Gasteiger partial charge in [-0.25, -0.2) is 0 Å². The van der Waals surface area contributed by atoms with E-state index in [0.29, 0.717) is 11.8 Å². The van der Waals surface area contributed by atoms with E-state index in [2.05, 4.69) is 39.5 Å². The van der Waals surface area contributed by atoms with Gasteiger partial charge >= 0.3 is 0 Å². The molecular formula is C16H30O2. The number of ether oxygens (including phenoxy) is 2. The number of hydrogen-bond acceptors (Lipinski definition) is 2. The summed E-state index contributed by atoms with van der Waals surface area (Å²) in [6.45, 7) is 12.8. The largest absolute Gasteiger partial charge is 0.366 e. The molecule has 0 saturated carbocycles. The quantitative estimate of drug-likeness (QED) is 0.669. The third kappa shape index (κ3) is 6.42. The summed E-state index contributed by atoms with van der Waals surface area (Å²) in [5, 5.41) is 0. The van der Waals surface area contributed by atoms with Crippen LogP contribution in [0.4, 0.5) is 0 Å². The topological polar surface area (TPSA) is 18.5 Å². The monoisotopic (exact) mass is 254 g/mol. The normalized spacial score (nSPS) is 18.1. The molecule has 0 rings (SSSR count). The Bertz CT molecular complexity index is 270. The van der Waals surface area contributed by atoms with Gasteiger partial charge in [-0.2, -0.15) is 0 Å². The third-order valence-corrected chi connectivity index (χ3v) is 3.09. The second kappa shape index (κ2) is 7.16. The predicted molar refractivity (Wildman–Crippen MR) is 77.5 cm³/mol. The Morgan fingerprint density at radius 3 is 1.22 bits per heavy atom. The van der Waals surface area contributed by atoms with Gasteiger partial charge < -0.3 is 9.47 Å². The molecule has 0 aliphatic heterocycles.